The van der Waals surface area contributed by atoms with E-state index < -0.39 is 17.8 Å². The van der Waals surface area contributed by atoms with Crippen LogP contribution >= 0.6 is 11.6 Å². The first kappa shape index (κ1) is 21.8. The van der Waals surface area contributed by atoms with Crippen molar-refractivity contribution >= 4 is 23.4 Å². The van der Waals surface area contributed by atoms with Crippen LogP contribution in [0.15, 0.2) is 35.2 Å². The van der Waals surface area contributed by atoms with Gasteiger partial charge in [-0.05, 0) is 56.7 Å². The molecule has 7 heteroatoms. The average molecular weight is 446 g/mol. The lowest BCUT2D eigenvalue weighted by Crippen LogP contribution is -2.41. The number of carbonyl (C=O) groups excluding carboxylic acids is 2. The zero-order valence-corrected chi connectivity index (χ0v) is 18.6. The molecule has 3 aliphatic rings. The third-order valence-electron chi connectivity index (χ3n) is 6.49. The molecule has 1 heterocycles. The van der Waals surface area contributed by atoms with E-state index in [0.29, 0.717) is 29.7 Å². The van der Waals surface area contributed by atoms with E-state index in [4.69, 9.17) is 21.1 Å². The van der Waals surface area contributed by atoms with Gasteiger partial charge in [-0.1, -0.05) is 24.1 Å². The number of nitrogens with one attached hydrogen (secondary N) is 1. The third kappa shape index (κ3) is 4.18. The summed E-state index contributed by atoms with van der Waals surface area (Å²) in [6.45, 7) is 1.83. The number of esters is 1. The van der Waals surface area contributed by atoms with Crippen molar-refractivity contribution in [3.63, 3.8) is 0 Å². The summed E-state index contributed by atoms with van der Waals surface area (Å²) in [5.41, 5.74) is 2.55. The van der Waals surface area contributed by atoms with E-state index in [-0.39, 0.29) is 28.4 Å². The van der Waals surface area contributed by atoms with Crippen LogP contribution in [0.25, 0.3) is 0 Å². The number of methoxy groups -OCH3 is 1. The van der Waals surface area contributed by atoms with Gasteiger partial charge in [-0.3, -0.25) is 4.79 Å². The normalized spacial score (nSPS) is 24.2. The van der Waals surface area contributed by atoms with Crippen LogP contribution in [0.1, 0.15) is 63.4 Å². The van der Waals surface area contributed by atoms with E-state index in [2.05, 4.69) is 5.32 Å². The highest BCUT2D eigenvalue weighted by molar-refractivity contribution is 6.32. The first-order valence-electron chi connectivity index (χ1n) is 10.9. The highest BCUT2D eigenvalue weighted by Crippen LogP contribution is 2.47. The minimum absolute atomic E-state index is 0.0635. The molecule has 0 amide bonds. The molecule has 2 atom stereocenters. The Hall–Kier alpha value is -2.47. The van der Waals surface area contributed by atoms with Crippen LogP contribution in [0.3, 0.4) is 0 Å². The molecule has 0 saturated heterocycles. The number of allylic oxidation sites excluding steroid dienone is 3. The lowest BCUT2D eigenvalue weighted by Gasteiger charge is -2.38. The van der Waals surface area contributed by atoms with Crippen LogP contribution in [0, 0.1) is 5.92 Å². The number of ether oxygens (including phenoxy) is 2. The van der Waals surface area contributed by atoms with Crippen molar-refractivity contribution in [1.29, 1.82) is 0 Å². The number of aromatic hydroxyl groups is 1. The lowest BCUT2D eigenvalue weighted by molar-refractivity contribution is -0.146. The molecule has 1 aromatic carbocycles. The maximum Gasteiger partial charge on any atom is 0.336 e. The Labute approximate surface area is 187 Å². The lowest BCUT2D eigenvalue weighted by atomic mass is 9.71. The molecule has 1 aromatic rings. The number of phenolic OH excluding ortho intramolecular Hbond substituents is 1. The number of hydrogen-bond acceptors (Lipinski definition) is 6. The highest BCUT2D eigenvalue weighted by atomic mass is 35.5. The molecular formula is C24H28ClNO5. The number of phenols is 1. The Balaban J connectivity index is 1.80. The fourth-order valence-electron chi connectivity index (χ4n) is 4.97. The van der Waals surface area contributed by atoms with Gasteiger partial charge in [0.05, 0.1) is 23.6 Å². The van der Waals surface area contributed by atoms with Crippen molar-refractivity contribution in [3.8, 4) is 11.5 Å². The molecule has 0 radical (unpaired) electrons. The number of fused-ring (bicyclic) bond motifs is 1. The molecule has 0 aromatic heterocycles. The summed E-state index contributed by atoms with van der Waals surface area (Å²) >= 11 is 6.27. The first-order chi connectivity index (χ1) is 14.9. The Morgan fingerprint density at radius 1 is 1.19 bits per heavy atom. The molecule has 0 bridgehead atoms. The van der Waals surface area contributed by atoms with Gasteiger partial charge in [-0.15, -0.1) is 0 Å². The minimum Gasteiger partial charge on any atom is -0.503 e. The van der Waals surface area contributed by atoms with Gasteiger partial charge in [0.2, 0.25) is 0 Å². The molecular weight excluding hydrogens is 418 g/mol. The maximum absolute atomic E-state index is 13.4. The number of Topliss-reactive ketones (excluding diaryl/α,β-unsaturated/α-hetero) is 1. The molecule has 2 N–H and O–H groups in total. The smallest absolute Gasteiger partial charge is 0.336 e. The van der Waals surface area contributed by atoms with Gasteiger partial charge in [0.1, 0.15) is 11.9 Å². The van der Waals surface area contributed by atoms with E-state index in [1.807, 2.05) is 13.0 Å². The molecule has 0 spiro atoms. The number of rotatable bonds is 4. The topological polar surface area (TPSA) is 84.9 Å². The van der Waals surface area contributed by atoms with Crippen LogP contribution in [-0.2, 0) is 14.3 Å². The number of hydrogen-bond donors (Lipinski definition) is 2. The fraction of sp³-hybridized carbons (Fsp3) is 0.500. The molecule has 4 rings (SSSR count). The van der Waals surface area contributed by atoms with Gasteiger partial charge in [-0.2, -0.15) is 0 Å². The highest BCUT2D eigenvalue weighted by Gasteiger charge is 2.44. The maximum atomic E-state index is 13.4. The van der Waals surface area contributed by atoms with E-state index in [1.54, 1.807) is 12.1 Å². The van der Waals surface area contributed by atoms with Crippen LogP contribution in [0.4, 0.5) is 0 Å². The Morgan fingerprint density at radius 3 is 2.65 bits per heavy atom. The predicted molar refractivity (Wildman–Crippen MR) is 117 cm³/mol. The second-order valence-corrected chi connectivity index (χ2v) is 8.91. The molecule has 166 valence electrons. The van der Waals surface area contributed by atoms with Gasteiger partial charge in [-0.25, -0.2) is 4.79 Å². The van der Waals surface area contributed by atoms with Gasteiger partial charge >= 0.3 is 5.97 Å². The fourth-order valence-corrected chi connectivity index (χ4v) is 5.19. The molecule has 31 heavy (non-hydrogen) atoms. The number of carbonyl (C=O) groups is 2. The van der Waals surface area contributed by atoms with Crippen molar-refractivity contribution < 1.29 is 24.2 Å². The first-order valence-corrected chi connectivity index (χ1v) is 11.3. The summed E-state index contributed by atoms with van der Waals surface area (Å²) < 4.78 is 11.2. The number of halogens is 1. The third-order valence-corrected chi connectivity index (χ3v) is 6.78. The summed E-state index contributed by atoms with van der Waals surface area (Å²) in [6.07, 6.45) is 8.00. The van der Waals surface area contributed by atoms with Crippen LogP contribution < -0.4 is 10.1 Å². The predicted octanol–water partition coefficient (Wildman–Crippen LogP) is 4.75. The summed E-state index contributed by atoms with van der Waals surface area (Å²) in [4.78, 5) is 26.4. The van der Waals surface area contributed by atoms with Crippen molar-refractivity contribution in [2.45, 2.75) is 63.9 Å². The summed E-state index contributed by atoms with van der Waals surface area (Å²) in [5.74, 6) is -1.40. The van der Waals surface area contributed by atoms with E-state index >= 15 is 0 Å². The molecule has 2 unspecified atom stereocenters. The zero-order valence-electron chi connectivity index (χ0n) is 17.9. The minimum atomic E-state index is -0.566. The van der Waals surface area contributed by atoms with Gasteiger partial charge in [0.25, 0.3) is 0 Å². The second kappa shape index (κ2) is 8.95. The molecule has 1 aliphatic heterocycles. The van der Waals surface area contributed by atoms with Crippen molar-refractivity contribution in [2.24, 2.45) is 5.92 Å². The zero-order chi connectivity index (χ0) is 22.1. The average Bonchev–Trinajstić information content (AvgIpc) is 2.75. The standard InChI is InChI=1S/C24H28ClNO5/c1-13-20(24(29)31-15-7-4-3-5-8-15)21(22-17(26-13)9-6-10-18(22)27)14-11-16(25)23(28)19(12-14)30-2/h9,11-12,15,21-22,26,28H,3-8,10H2,1-2H3. The monoisotopic (exact) mass is 445 g/mol. The van der Waals surface area contributed by atoms with Crippen molar-refractivity contribution in [3.05, 3.63) is 45.8 Å². The van der Waals surface area contributed by atoms with E-state index in [1.165, 1.54) is 7.11 Å². The summed E-state index contributed by atoms with van der Waals surface area (Å²) in [5, 5.41) is 13.6. The van der Waals surface area contributed by atoms with E-state index in [9.17, 15) is 14.7 Å². The molecule has 1 saturated carbocycles. The van der Waals surface area contributed by atoms with Crippen molar-refractivity contribution in [2.75, 3.05) is 7.11 Å². The van der Waals surface area contributed by atoms with E-state index in [0.717, 1.165) is 37.8 Å². The molecule has 2 aliphatic carbocycles. The van der Waals surface area contributed by atoms with Gasteiger partial charge in [0, 0.05) is 23.7 Å². The SMILES string of the molecule is COc1cc(C2C(C(=O)OC3CCCCC3)=C(C)NC3=CCCC(=O)C32)cc(Cl)c1O. The quantitative estimate of drug-likeness (QED) is 0.650. The van der Waals surface area contributed by atoms with Gasteiger partial charge in [0.15, 0.2) is 11.5 Å². The Kier molecular flexibility index (Phi) is 6.28. The van der Waals surface area contributed by atoms with Gasteiger partial charge < -0.3 is 19.9 Å². The van der Waals surface area contributed by atoms with Crippen LogP contribution in [-0.4, -0.2) is 30.1 Å². The number of benzene rings is 1. The van der Waals surface area contributed by atoms with Crippen molar-refractivity contribution in [1.82, 2.24) is 5.32 Å². The summed E-state index contributed by atoms with van der Waals surface area (Å²) in [6, 6.07) is 3.26. The number of ketones is 1. The Bertz CT molecular complexity index is 961. The second-order valence-electron chi connectivity index (χ2n) is 8.50. The Morgan fingerprint density at radius 2 is 1.94 bits per heavy atom. The van der Waals surface area contributed by atoms with Crippen LogP contribution in [0.5, 0.6) is 11.5 Å². The van der Waals surface area contributed by atoms with Crippen LogP contribution in [0.2, 0.25) is 5.02 Å². The molecule has 1 fully saturated rings. The summed E-state index contributed by atoms with van der Waals surface area (Å²) in [7, 11) is 1.44. The largest absolute Gasteiger partial charge is 0.503 e. The molecule has 6 nitrogen and oxygen atoms in total.